The Morgan fingerprint density at radius 3 is 2.07 bits per heavy atom. The van der Waals surface area contributed by atoms with Crippen LogP contribution in [0.3, 0.4) is 0 Å². The number of esters is 1. The number of benzene rings is 1. The van der Waals surface area contributed by atoms with Gasteiger partial charge in [-0.15, -0.1) is 0 Å². The van der Waals surface area contributed by atoms with Crippen LogP contribution in [-0.2, 0) is 52.2 Å². The number of nitro benzene ring substituents is 1. The Balaban J connectivity index is 1.66. The van der Waals surface area contributed by atoms with Gasteiger partial charge in [-0.3, -0.25) is 24.6 Å². The van der Waals surface area contributed by atoms with Crippen LogP contribution in [0.1, 0.15) is 114 Å². The average molecular weight is 1030 g/mol. The molecule has 0 bridgehead atoms. The van der Waals surface area contributed by atoms with E-state index in [2.05, 4.69) is 0 Å². The number of Topliss-reactive ketones (excluding diaryl/α,β-unsaturated/α-hetero) is 1. The molecule has 21 nitrogen and oxygen atoms in total. The molecule has 0 radical (unpaired) electrons. The molecule has 4 rings (SSSR count). The zero-order valence-corrected chi connectivity index (χ0v) is 45.2. The summed E-state index contributed by atoms with van der Waals surface area (Å²) in [4.78, 5) is 56.0. The van der Waals surface area contributed by atoms with E-state index in [9.17, 15) is 44.9 Å². The van der Waals surface area contributed by atoms with E-state index in [-0.39, 0.29) is 43.9 Å². The first-order valence-electron chi connectivity index (χ1n) is 25.1. The van der Waals surface area contributed by atoms with Crippen LogP contribution in [0, 0.1) is 33.8 Å². The van der Waals surface area contributed by atoms with Crippen molar-refractivity contribution in [1.82, 2.24) is 9.80 Å². The third kappa shape index (κ3) is 13.7. The molecule has 3 saturated heterocycles. The molecule has 0 aromatic heterocycles. The Kier molecular flexibility index (Phi) is 21.5. The molecule has 72 heavy (non-hydrogen) atoms. The predicted molar refractivity (Wildman–Crippen MR) is 261 cm³/mol. The van der Waals surface area contributed by atoms with Gasteiger partial charge >= 0.3 is 12.1 Å². The van der Waals surface area contributed by atoms with Crippen LogP contribution in [0.4, 0.5) is 10.5 Å². The second kappa shape index (κ2) is 25.4. The summed E-state index contributed by atoms with van der Waals surface area (Å²) in [5.41, 5.74) is -3.95. The molecule has 0 saturated carbocycles. The fraction of sp³-hybridized carbons (Fsp3) is 0.824. The molecule has 0 spiro atoms. The summed E-state index contributed by atoms with van der Waals surface area (Å²) in [6, 6.07) is 4.79. The number of hydrogen-bond donors (Lipinski definition) is 4. The van der Waals surface area contributed by atoms with Crippen molar-refractivity contribution in [2.45, 2.75) is 198 Å². The number of amides is 1. The summed E-state index contributed by atoms with van der Waals surface area (Å²) in [7, 11) is 7.76. The highest BCUT2D eigenvalue weighted by molar-refractivity contribution is 5.83. The van der Waals surface area contributed by atoms with Crippen LogP contribution >= 0.6 is 0 Å². The zero-order valence-electron chi connectivity index (χ0n) is 45.2. The zero-order chi connectivity index (χ0) is 54.4. The Bertz CT molecular complexity index is 1950. The van der Waals surface area contributed by atoms with Crippen molar-refractivity contribution in [3.8, 4) is 0 Å². The van der Waals surface area contributed by atoms with E-state index in [0.29, 0.717) is 12.0 Å². The first kappa shape index (κ1) is 61.1. The summed E-state index contributed by atoms with van der Waals surface area (Å²) < 4.78 is 55.9. The third-order valence-corrected chi connectivity index (χ3v) is 15.9. The number of hydrogen-bond acceptors (Lipinski definition) is 19. The van der Waals surface area contributed by atoms with Crippen molar-refractivity contribution in [3.63, 3.8) is 0 Å². The van der Waals surface area contributed by atoms with E-state index in [4.69, 9.17) is 42.6 Å². The molecule has 3 heterocycles. The van der Waals surface area contributed by atoms with Gasteiger partial charge in [0.05, 0.1) is 58.6 Å². The van der Waals surface area contributed by atoms with Crippen LogP contribution < -0.4 is 0 Å². The van der Waals surface area contributed by atoms with E-state index >= 15 is 0 Å². The van der Waals surface area contributed by atoms with Gasteiger partial charge in [-0.05, 0) is 92.5 Å². The van der Waals surface area contributed by atoms with Crippen molar-refractivity contribution in [2.24, 2.45) is 23.7 Å². The highest BCUT2D eigenvalue weighted by Gasteiger charge is 2.54. The van der Waals surface area contributed by atoms with E-state index in [1.165, 1.54) is 52.2 Å². The number of non-ortho nitro benzene ring substituents is 1. The lowest BCUT2D eigenvalue weighted by molar-refractivity contribution is -0.384. The fourth-order valence-electron chi connectivity index (χ4n) is 10.8. The third-order valence-electron chi connectivity index (χ3n) is 15.9. The molecule has 0 unspecified atom stereocenters. The summed E-state index contributed by atoms with van der Waals surface area (Å²) in [5.74, 6) is -4.98. The number of rotatable bonds is 16. The maximum absolute atomic E-state index is 14.4. The molecule has 412 valence electrons. The van der Waals surface area contributed by atoms with Gasteiger partial charge in [-0.1, -0.05) is 27.7 Å². The number of carbonyl (C=O) groups excluding carboxylic acids is 3. The van der Waals surface area contributed by atoms with Gasteiger partial charge in [0.2, 0.25) is 0 Å². The van der Waals surface area contributed by atoms with Gasteiger partial charge in [0.15, 0.2) is 12.6 Å². The largest absolute Gasteiger partial charge is 0.459 e. The van der Waals surface area contributed by atoms with E-state index in [0.717, 1.165) is 0 Å². The molecule has 0 aliphatic carbocycles. The highest BCUT2D eigenvalue weighted by Crippen LogP contribution is 2.42. The molecule has 3 aliphatic rings. The molecule has 3 aliphatic heterocycles. The molecule has 1 aromatic carbocycles. The summed E-state index contributed by atoms with van der Waals surface area (Å²) >= 11 is 0. The second-order valence-electron chi connectivity index (χ2n) is 21.1. The second-order valence-corrected chi connectivity index (χ2v) is 21.1. The maximum atomic E-state index is 14.4. The number of cyclic esters (lactones) is 1. The van der Waals surface area contributed by atoms with Crippen molar-refractivity contribution >= 4 is 23.5 Å². The molecule has 4 N–H and O–H groups in total. The first-order chi connectivity index (χ1) is 33.5. The first-order valence-corrected chi connectivity index (χ1v) is 25.1. The number of aliphatic hydroxyl groups is 4. The fourth-order valence-corrected chi connectivity index (χ4v) is 10.8. The SMILES string of the molecule is CC[C@H]1OC(=O)[C@H](C)[C@@H](O[C@H]2C[C@@](C)(OC)[C@@H](O)[C@H](C)O2)[C@H](C)[C@@H](O[C@H]2O[C@H](C)C[C@H](N(C)CCOC(=O)N(C)[C@H](C)[C@H](OC)c3ccc([N+](=O)[O-])cc3)[C@H]2O)[C@](C)(OC)C[C@@H](C)C(=O)[C@H](C)[C@@H](O)[C@]1(C)O. The standard InChI is InChI=1S/C51H85N3O18/c1-17-37-51(11,61)43(57)29(4)39(55)27(2)25-50(10,66-16)45(30(5)41(31(6)46(59)70-37)71-38-26-49(9,65-15)44(58)33(8)69-38)72-47-40(56)36(24-28(3)68-47)52(12)22-23-67-48(60)53(13)32(7)42(64-14)34-18-20-35(21-19-34)54(62)63/h18-21,27-33,36-38,40-45,47,56-58,61H,17,22-26H2,1-16H3/t27-,28-,29+,30+,31-,32-,33+,36+,37-,38+,40-,41+,42+,43-,44+,45-,47-,49-,50-,51-/m1/s1. The normalized spacial score (nSPS) is 39.4. The predicted octanol–water partition coefficient (Wildman–Crippen LogP) is 4.56. The Labute approximate surface area is 425 Å². The number of nitro groups is 1. The number of methoxy groups -OCH3 is 3. The van der Waals surface area contributed by atoms with Crippen LogP contribution in [0.2, 0.25) is 0 Å². The van der Waals surface area contributed by atoms with Crippen molar-refractivity contribution in [1.29, 1.82) is 0 Å². The number of likely N-dealkylation sites (N-methyl/N-ethyl adjacent to an activating group) is 2. The molecule has 3 fully saturated rings. The quantitative estimate of drug-likeness (QED) is 0.100. The van der Waals surface area contributed by atoms with Crippen LogP contribution in [0.5, 0.6) is 0 Å². The number of carbonyl (C=O) groups is 3. The lowest BCUT2D eigenvalue weighted by Crippen LogP contribution is -2.61. The van der Waals surface area contributed by atoms with Crippen molar-refractivity contribution in [3.05, 3.63) is 39.9 Å². The average Bonchev–Trinajstić information content (AvgIpc) is 3.34. The maximum Gasteiger partial charge on any atom is 0.409 e. The molecule has 21 heteroatoms. The number of nitrogens with zero attached hydrogens (tertiary/aromatic N) is 3. The summed E-state index contributed by atoms with van der Waals surface area (Å²) in [6.07, 6.45) is -11.7. The van der Waals surface area contributed by atoms with Gasteiger partial charge in [-0.25, -0.2) is 4.79 Å². The van der Waals surface area contributed by atoms with Crippen molar-refractivity contribution < 1.29 is 82.4 Å². The number of aliphatic hydroxyl groups excluding tert-OH is 3. The smallest absolute Gasteiger partial charge is 0.409 e. The van der Waals surface area contributed by atoms with Crippen LogP contribution in [-0.4, -0.2) is 192 Å². The summed E-state index contributed by atoms with van der Waals surface area (Å²) in [5, 5.41) is 57.9. The van der Waals surface area contributed by atoms with E-state index in [1.807, 2.05) is 11.8 Å². The molecule has 1 aromatic rings. The lowest BCUT2D eigenvalue weighted by Gasteiger charge is -2.50. The van der Waals surface area contributed by atoms with Gasteiger partial charge in [0, 0.05) is 77.3 Å². The van der Waals surface area contributed by atoms with Gasteiger partial charge in [0.1, 0.15) is 42.4 Å². The molecular formula is C51H85N3O18. The minimum Gasteiger partial charge on any atom is -0.459 e. The number of ketones is 1. The van der Waals surface area contributed by atoms with Crippen LogP contribution in [0.15, 0.2) is 24.3 Å². The molecule has 20 atom stereocenters. The number of ether oxygens (including phenoxy) is 9. The Morgan fingerprint density at radius 1 is 0.903 bits per heavy atom. The Morgan fingerprint density at radius 2 is 1.51 bits per heavy atom. The van der Waals surface area contributed by atoms with Gasteiger partial charge in [-0.2, -0.15) is 0 Å². The van der Waals surface area contributed by atoms with Crippen molar-refractivity contribution in [2.75, 3.05) is 48.6 Å². The Hall–Kier alpha value is -3.45. The topological polar surface area (TPSA) is 265 Å². The molecule has 1 amide bonds. The minimum absolute atomic E-state index is 0.0172. The van der Waals surface area contributed by atoms with Crippen LogP contribution in [0.25, 0.3) is 0 Å². The monoisotopic (exact) mass is 1030 g/mol. The highest BCUT2D eigenvalue weighted by atomic mass is 16.7. The minimum atomic E-state index is -2.03. The van der Waals surface area contributed by atoms with Gasteiger partial charge < -0.3 is 68.0 Å². The molecular weight excluding hydrogens is 943 g/mol. The lowest BCUT2D eigenvalue weighted by atomic mass is 9.74. The summed E-state index contributed by atoms with van der Waals surface area (Å²) in [6.45, 7) is 18.6. The van der Waals surface area contributed by atoms with E-state index < -0.39 is 137 Å². The van der Waals surface area contributed by atoms with Gasteiger partial charge in [0.25, 0.3) is 5.69 Å². The van der Waals surface area contributed by atoms with E-state index in [1.54, 1.807) is 81.6 Å².